The first kappa shape index (κ1) is 14.8. The molecule has 2 rings (SSSR count). The highest BCUT2D eigenvalue weighted by molar-refractivity contribution is 6.30. The van der Waals surface area contributed by atoms with Crippen LogP contribution in [0.5, 0.6) is 11.5 Å². The third kappa shape index (κ3) is 3.49. The van der Waals surface area contributed by atoms with Crippen molar-refractivity contribution in [2.24, 2.45) is 0 Å². The van der Waals surface area contributed by atoms with Crippen LogP contribution >= 0.6 is 11.6 Å². The second-order valence-corrected chi connectivity index (χ2v) is 4.43. The summed E-state index contributed by atoms with van der Waals surface area (Å²) in [6, 6.07) is 10.2. The largest absolute Gasteiger partial charge is 0.465 e. The lowest BCUT2D eigenvalue weighted by atomic mass is 10.2. The van der Waals surface area contributed by atoms with Gasteiger partial charge in [0.2, 0.25) is 5.75 Å². The Morgan fingerprint density at radius 1 is 1.24 bits per heavy atom. The molecule has 0 aliphatic rings. The van der Waals surface area contributed by atoms with E-state index in [-0.39, 0.29) is 27.8 Å². The van der Waals surface area contributed by atoms with Crippen LogP contribution in [0.2, 0.25) is 5.02 Å². The van der Waals surface area contributed by atoms with Gasteiger partial charge in [0, 0.05) is 11.1 Å². The van der Waals surface area contributed by atoms with Crippen molar-refractivity contribution in [3.8, 4) is 11.5 Å². The molecule has 2 aromatic rings. The molecule has 0 radical (unpaired) electrons. The predicted molar refractivity (Wildman–Crippen MR) is 76.0 cm³/mol. The number of carbonyl (C=O) groups excluding carboxylic acids is 1. The molecule has 0 aromatic heterocycles. The molecule has 0 unspecified atom stereocenters. The van der Waals surface area contributed by atoms with Crippen LogP contribution in [0.3, 0.4) is 0 Å². The van der Waals surface area contributed by atoms with E-state index in [0.29, 0.717) is 0 Å². The number of ether oxygens (including phenoxy) is 2. The van der Waals surface area contributed by atoms with Crippen molar-refractivity contribution in [2.45, 2.75) is 0 Å². The molecule has 0 amide bonds. The number of hydrogen-bond donors (Lipinski definition) is 0. The van der Waals surface area contributed by atoms with Gasteiger partial charge in [0.25, 0.3) is 0 Å². The Labute approximate surface area is 125 Å². The lowest BCUT2D eigenvalue weighted by Crippen LogP contribution is -2.01. The summed E-state index contributed by atoms with van der Waals surface area (Å²) < 4.78 is 10.1. The minimum Gasteiger partial charge on any atom is -0.465 e. The van der Waals surface area contributed by atoms with Crippen molar-refractivity contribution < 1.29 is 19.2 Å². The van der Waals surface area contributed by atoms with Gasteiger partial charge >= 0.3 is 11.7 Å². The molecule has 0 aliphatic heterocycles. The fourth-order valence-corrected chi connectivity index (χ4v) is 1.82. The van der Waals surface area contributed by atoms with Gasteiger partial charge < -0.3 is 9.47 Å². The molecule has 0 N–H and O–H groups in total. The summed E-state index contributed by atoms with van der Waals surface area (Å²) in [6.07, 6.45) is 0. The van der Waals surface area contributed by atoms with Crippen LogP contribution in [0, 0.1) is 10.1 Å². The molecule has 0 saturated heterocycles. The SMILES string of the molecule is COC(=O)c1cccc(Oc2ccc(Cl)cc2[N+](=O)[O-])c1. The van der Waals surface area contributed by atoms with Crippen molar-refractivity contribution in [1.82, 2.24) is 0 Å². The number of rotatable bonds is 4. The molecule has 6 nitrogen and oxygen atoms in total. The molecule has 0 atom stereocenters. The Morgan fingerprint density at radius 3 is 2.67 bits per heavy atom. The molecule has 0 fully saturated rings. The Morgan fingerprint density at radius 2 is 2.00 bits per heavy atom. The maximum absolute atomic E-state index is 11.4. The number of nitro benzene ring substituents is 1. The van der Waals surface area contributed by atoms with Crippen molar-refractivity contribution >= 4 is 23.3 Å². The number of halogens is 1. The minimum absolute atomic E-state index is 0.0337. The highest BCUT2D eigenvalue weighted by Crippen LogP contribution is 2.33. The first-order valence-corrected chi connectivity index (χ1v) is 6.19. The van der Waals surface area contributed by atoms with E-state index < -0.39 is 10.9 Å². The zero-order chi connectivity index (χ0) is 15.4. The maximum Gasteiger partial charge on any atom is 0.337 e. The number of nitro groups is 1. The maximum atomic E-state index is 11.4. The van der Waals surface area contributed by atoms with Gasteiger partial charge in [-0.05, 0) is 30.3 Å². The Hall–Kier alpha value is -2.60. The van der Waals surface area contributed by atoms with Gasteiger partial charge in [-0.1, -0.05) is 17.7 Å². The molecule has 2 aromatic carbocycles. The van der Waals surface area contributed by atoms with E-state index >= 15 is 0 Å². The van der Waals surface area contributed by atoms with Gasteiger partial charge in [-0.15, -0.1) is 0 Å². The van der Waals surface area contributed by atoms with Crippen LogP contribution in [-0.4, -0.2) is 18.0 Å². The van der Waals surface area contributed by atoms with Crippen LogP contribution in [0.15, 0.2) is 42.5 Å². The first-order valence-electron chi connectivity index (χ1n) is 5.81. The van der Waals surface area contributed by atoms with Crippen molar-refractivity contribution in [3.05, 3.63) is 63.2 Å². The number of esters is 1. The van der Waals surface area contributed by atoms with Gasteiger partial charge in [-0.3, -0.25) is 10.1 Å². The molecular formula is C14H10ClNO5. The third-order valence-electron chi connectivity index (χ3n) is 2.60. The van der Waals surface area contributed by atoms with E-state index in [9.17, 15) is 14.9 Å². The van der Waals surface area contributed by atoms with E-state index in [1.807, 2.05) is 0 Å². The number of methoxy groups -OCH3 is 1. The summed E-state index contributed by atoms with van der Waals surface area (Å²) in [6.45, 7) is 0. The summed E-state index contributed by atoms with van der Waals surface area (Å²) in [7, 11) is 1.26. The molecule has 21 heavy (non-hydrogen) atoms. The molecule has 108 valence electrons. The molecule has 0 saturated carbocycles. The van der Waals surface area contributed by atoms with Crippen molar-refractivity contribution in [3.63, 3.8) is 0 Å². The smallest absolute Gasteiger partial charge is 0.337 e. The number of hydrogen-bond acceptors (Lipinski definition) is 5. The first-order chi connectivity index (χ1) is 10.0. The van der Waals surface area contributed by atoms with E-state index in [1.165, 1.54) is 31.4 Å². The predicted octanol–water partition coefficient (Wildman–Crippen LogP) is 3.83. The van der Waals surface area contributed by atoms with Crippen LogP contribution in [-0.2, 0) is 4.74 Å². The van der Waals surface area contributed by atoms with Crippen LogP contribution in [0.4, 0.5) is 5.69 Å². The Bertz CT molecular complexity index is 702. The fraction of sp³-hybridized carbons (Fsp3) is 0.0714. The van der Waals surface area contributed by atoms with Gasteiger partial charge in [-0.2, -0.15) is 0 Å². The summed E-state index contributed by atoms with van der Waals surface area (Å²) in [4.78, 5) is 21.8. The second kappa shape index (κ2) is 6.23. The number of benzene rings is 2. The summed E-state index contributed by atoms with van der Waals surface area (Å²) in [5.74, 6) is -0.208. The zero-order valence-electron chi connectivity index (χ0n) is 10.9. The average molecular weight is 308 g/mol. The molecule has 0 aliphatic carbocycles. The quantitative estimate of drug-likeness (QED) is 0.487. The van der Waals surface area contributed by atoms with Crippen molar-refractivity contribution in [2.75, 3.05) is 7.11 Å². The minimum atomic E-state index is -0.592. The summed E-state index contributed by atoms with van der Waals surface area (Å²) in [5.41, 5.74) is 0.0255. The van der Waals surface area contributed by atoms with Crippen LogP contribution in [0.1, 0.15) is 10.4 Å². The zero-order valence-corrected chi connectivity index (χ0v) is 11.7. The monoisotopic (exact) mass is 307 g/mol. The fourth-order valence-electron chi connectivity index (χ4n) is 1.65. The lowest BCUT2D eigenvalue weighted by molar-refractivity contribution is -0.385. The standard InChI is InChI=1S/C14H10ClNO5/c1-20-14(17)9-3-2-4-11(7-9)21-13-6-5-10(15)8-12(13)16(18)19/h2-8H,1H3. The van der Waals surface area contributed by atoms with Gasteiger partial charge in [0.1, 0.15) is 5.75 Å². The van der Waals surface area contributed by atoms with E-state index in [4.69, 9.17) is 16.3 Å². The molecular weight excluding hydrogens is 298 g/mol. The molecule has 0 heterocycles. The van der Waals surface area contributed by atoms with Gasteiger partial charge in [0.05, 0.1) is 17.6 Å². The van der Waals surface area contributed by atoms with E-state index in [1.54, 1.807) is 18.2 Å². The van der Waals surface area contributed by atoms with Gasteiger partial charge in [-0.25, -0.2) is 4.79 Å². The highest BCUT2D eigenvalue weighted by Gasteiger charge is 2.17. The molecule has 7 heteroatoms. The van der Waals surface area contributed by atoms with Crippen molar-refractivity contribution in [1.29, 1.82) is 0 Å². The Kier molecular flexibility index (Phi) is 4.39. The number of carbonyl (C=O) groups is 1. The van der Waals surface area contributed by atoms with E-state index in [2.05, 4.69) is 4.74 Å². The average Bonchev–Trinajstić information content (AvgIpc) is 2.48. The lowest BCUT2D eigenvalue weighted by Gasteiger charge is -2.07. The van der Waals surface area contributed by atoms with Crippen LogP contribution < -0.4 is 4.74 Å². The summed E-state index contributed by atoms with van der Waals surface area (Å²) >= 11 is 5.73. The topological polar surface area (TPSA) is 78.7 Å². The highest BCUT2D eigenvalue weighted by atomic mass is 35.5. The number of nitrogens with zero attached hydrogens (tertiary/aromatic N) is 1. The second-order valence-electron chi connectivity index (χ2n) is 3.99. The summed E-state index contributed by atoms with van der Waals surface area (Å²) in [5, 5.41) is 11.2. The molecule has 0 bridgehead atoms. The van der Waals surface area contributed by atoms with Gasteiger partial charge in [0.15, 0.2) is 0 Å². The molecule has 0 spiro atoms. The normalized spacial score (nSPS) is 10.0. The third-order valence-corrected chi connectivity index (χ3v) is 2.84. The Balaban J connectivity index is 2.34. The van der Waals surface area contributed by atoms with Crippen LogP contribution in [0.25, 0.3) is 0 Å². The van der Waals surface area contributed by atoms with E-state index in [0.717, 1.165) is 0 Å².